The number of methoxy groups -OCH3 is 1. The first-order valence-corrected chi connectivity index (χ1v) is 5.95. The summed E-state index contributed by atoms with van der Waals surface area (Å²) in [6.45, 7) is 1.71. The molecule has 0 aliphatic rings. The SMILES string of the molecule is COc1ccc(CNCC[C@](C)(N)C(F)(F)F)cc1. The third-order valence-electron chi connectivity index (χ3n) is 2.96. The Balaban J connectivity index is 2.34. The minimum Gasteiger partial charge on any atom is -0.497 e. The van der Waals surface area contributed by atoms with Gasteiger partial charge in [0.25, 0.3) is 0 Å². The minimum atomic E-state index is -4.38. The average Bonchev–Trinajstić information content (AvgIpc) is 2.34. The van der Waals surface area contributed by atoms with E-state index in [4.69, 9.17) is 10.5 Å². The van der Waals surface area contributed by atoms with Crippen LogP contribution in [0, 0.1) is 0 Å². The molecule has 1 rings (SSSR count). The molecule has 0 saturated heterocycles. The third-order valence-corrected chi connectivity index (χ3v) is 2.96. The van der Waals surface area contributed by atoms with Gasteiger partial charge in [-0.25, -0.2) is 0 Å². The van der Waals surface area contributed by atoms with Crippen LogP contribution in [0.1, 0.15) is 18.9 Å². The first-order chi connectivity index (χ1) is 8.76. The van der Waals surface area contributed by atoms with E-state index in [0.29, 0.717) is 6.54 Å². The van der Waals surface area contributed by atoms with E-state index in [2.05, 4.69) is 5.32 Å². The summed E-state index contributed by atoms with van der Waals surface area (Å²) in [5, 5.41) is 2.95. The van der Waals surface area contributed by atoms with Gasteiger partial charge < -0.3 is 15.8 Å². The van der Waals surface area contributed by atoms with Crippen molar-refractivity contribution < 1.29 is 17.9 Å². The summed E-state index contributed by atoms with van der Waals surface area (Å²) in [5.41, 5.74) is 4.06. The molecule has 0 aliphatic heterocycles. The minimum absolute atomic E-state index is 0.160. The average molecular weight is 276 g/mol. The number of alkyl halides is 3. The fourth-order valence-electron chi connectivity index (χ4n) is 1.47. The molecular weight excluding hydrogens is 257 g/mol. The zero-order valence-electron chi connectivity index (χ0n) is 11.1. The predicted molar refractivity (Wildman–Crippen MR) is 68.0 cm³/mol. The summed E-state index contributed by atoms with van der Waals surface area (Å²) in [6.07, 6.45) is -4.54. The van der Waals surface area contributed by atoms with Gasteiger partial charge in [0.05, 0.1) is 7.11 Å². The van der Waals surface area contributed by atoms with Gasteiger partial charge in [-0.1, -0.05) is 12.1 Å². The lowest BCUT2D eigenvalue weighted by Crippen LogP contribution is -2.52. The fourth-order valence-corrected chi connectivity index (χ4v) is 1.47. The second kappa shape index (κ2) is 6.25. The standard InChI is InChI=1S/C13H19F3N2O/c1-12(17,13(14,15)16)7-8-18-9-10-3-5-11(19-2)6-4-10/h3-6,18H,7-9,17H2,1-2H3/t12-/m0/s1. The smallest absolute Gasteiger partial charge is 0.406 e. The van der Waals surface area contributed by atoms with E-state index >= 15 is 0 Å². The van der Waals surface area contributed by atoms with Crippen LogP contribution in [0.15, 0.2) is 24.3 Å². The molecular formula is C13H19F3N2O. The van der Waals surface area contributed by atoms with Crippen LogP contribution in [0.4, 0.5) is 13.2 Å². The predicted octanol–water partition coefficient (Wildman–Crippen LogP) is 2.45. The van der Waals surface area contributed by atoms with Crippen molar-refractivity contribution in [3.8, 4) is 5.75 Å². The number of hydrogen-bond donors (Lipinski definition) is 2. The molecule has 108 valence electrons. The molecule has 3 N–H and O–H groups in total. The number of ether oxygens (including phenoxy) is 1. The molecule has 3 nitrogen and oxygen atoms in total. The van der Waals surface area contributed by atoms with E-state index < -0.39 is 11.7 Å². The highest BCUT2D eigenvalue weighted by molar-refractivity contribution is 5.26. The lowest BCUT2D eigenvalue weighted by atomic mass is 9.99. The number of benzene rings is 1. The van der Waals surface area contributed by atoms with E-state index in [1.165, 1.54) is 0 Å². The van der Waals surface area contributed by atoms with Crippen molar-refractivity contribution in [2.75, 3.05) is 13.7 Å². The van der Waals surface area contributed by atoms with Crippen molar-refractivity contribution >= 4 is 0 Å². The Morgan fingerprint density at radius 1 is 1.21 bits per heavy atom. The molecule has 0 unspecified atom stereocenters. The Morgan fingerprint density at radius 3 is 2.26 bits per heavy atom. The molecule has 6 heteroatoms. The first kappa shape index (κ1) is 15.8. The molecule has 0 aliphatic carbocycles. The maximum atomic E-state index is 12.5. The molecule has 0 heterocycles. The van der Waals surface area contributed by atoms with Crippen molar-refractivity contribution in [1.82, 2.24) is 5.32 Å². The van der Waals surface area contributed by atoms with Gasteiger partial charge in [-0.2, -0.15) is 13.2 Å². The summed E-state index contributed by atoms with van der Waals surface area (Å²) in [4.78, 5) is 0. The zero-order valence-corrected chi connectivity index (χ0v) is 11.1. The maximum Gasteiger partial charge on any atom is 0.406 e. The molecule has 0 aromatic heterocycles. The van der Waals surface area contributed by atoms with Gasteiger partial charge in [0.1, 0.15) is 11.3 Å². The highest BCUT2D eigenvalue weighted by Gasteiger charge is 2.47. The van der Waals surface area contributed by atoms with Crippen LogP contribution in [0.2, 0.25) is 0 Å². The number of nitrogens with one attached hydrogen (secondary N) is 1. The fraction of sp³-hybridized carbons (Fsp3) is 0.538. The van der Waals surface area contributed by atoms with Gasteiger partial charge >= 0.3 is 6.18 Å². The molecule has 0 spiro atoms. The van der Waals surface area contributed by atoms with Crippen LogP contribution in [0.3, 0.4) is 0 Å². The molecule has 0 radical (unpaired) electrons. The summed E-state index contributed by atoms with van der Waals surface area (Å²) >= 11 is 0. The normalized spacial score (nSPS) is 15.1. The highest BCUT2D eigenvalue weighted by Crippen LogP contribution is 2.30. The number of hydrogen-bond acceptors (Lipinski definition) is 3. The maximum absolute atomic E-state index is 12.5. The zero-order chi connectivity index (χ0) is 14.5. The quantitative estimate of drug-likeness (QED) is 0.785. The molecule has 0 amide bonds. The molecule has 1 aromatic rings. The highest BCUT2D eigenvalue weighted by atomic mass is 19.4. The number of rotatable bonds is 6. The van der Waals surface area contributed by atoms with Crippen LogP contribution >= 0.6 is 0 Å². The van der Waals surface area contributed by atoms with Gasteiger partial charge in [0, 0.05) is 6.54 Å². The van der Waals surface area contributed by atoms with Crippen molar-refractivity contribution in [2.24, 2.45) is 5.73 Å². The summed E-state index contributed by atoms with van der Waals surface area (Å²) < 4.78 is 42.5. The van der Waals surface area contributed by atoms with Crippen molar-refractivity contribution in [3.05, 3.63) is 29.8 Å². The van der Waals surface area contributed by atoms with E-state index in [9.17, 15) is 13.2 Å². The van der Waals surface area contributed by atoms with E-state index in [1.807, 2.05) is 12.1 Å². The van der Waals surface area contributed by atoms with Crippen LogP contribution in [0.25, 0.3) is 0 Å². The van der Waals surface area contributed by atoms with E-state index in [1.54, 1.807) is 19.2 Å². The van der Waals surface area contributed by atoms with E-state index in [-0.39, 0.29) is 13.0 Å². The summed E-state index contributed by atoms with van der Waals surface area (Å²) in [7, 11) is 1.58. The lowest BCUT2D eigenvalue weighted by Gasteiger charge is -2.27. The van der Waals surface area contributed by atoms with Gasteiger partial charge in [-0.3, -0.25) is 0 Å². The molecule has 19 heavy (non-hydrogen) atoms. The molecule has 0 bridgehead atoms. The second-order valence-corrected chi connectivity index (χ2v) is 4.69. The number of nitrogens with two attached hydrogens (primary N) is 1. The Morgan fingerprint density at radius 2 is 1.79 bits per heavy atom. The molecule has 0 saturated carbocycles. The lowest BCUT2D eigenvalue weighted by molar-refractivity contribution is -0.182. The Labute approximate surface area is 110 Å². The third kappa shape index (κ3) is 4.72. The summed E-state index contributed by atoms with van der Waals surface area (Å²) in [5.74, 6) is 0.746. The van der Waals surface area contributed by atoms with Crippen molar-refractivity contribution in [2.45, 2.75) is 31.6 Å². The molecule has 0 fully saturated rings. The first-order valence-electron chi connectivity index (χ1n) is 5.95. The van der Waals surface area contributed by atoms with Gasteiger partial charge in [-0.05, 0) is 37.6 Å². The Bertz CT molecular complexity index is 388. The van der Waals surface area contributed by atoms with Crippen molar-refractivity contribution in [1.29, 1.82) is 0 Å². The van der Waals surface area contributed by atoms with Crippen molar-refractivity contribution in [3.63, 3.8) is 0 Å². The van der Waals surface area contributed by atoms with Crippen LogP contribution in [-0.2, 0) is 6.54 Å². The topological polar surface area (TPSA) is 47.3 Å². The van der Waals surface area contributed by atoms with Crippen LogP contribution < -0.4 is 15.8 Å². The van der Waals surface area contributed by atoms with Gasteiger partial charge in [-0.15, -0.1) is 0 Å². The largest absolute Gasteiger partial charge is 0.497 e. The van der Waals surface area contributed by atoms with E-state index in [0.717, 1.165) is 18.2 Å². The van der Waals surface area contributed by atoms with Gasteiger partial charge in [0.15, 0.2) is 0 Å². The second-order valence-electron chi connectivity index (χ2n) is 4.69. The monoisotopic (exact) mass is 276 g/mol. The summed E-state index contributed by atoms with van der Waals surface area (Å²) in [6, 6.07) is 7.33. The molecule has 1 atom stereocenters. The number of halogens is 3. The van der Waals surface area contributed by atoms with Crippen LogP contribution in [-0.4, -0.2) is 25.4 Å². The van der Waals surface area contributed by atoms with Crippen LogP contribution in [0.5, 0.6) is 5.75 Å². The Hall–Kier alpha value is -1.27. The molecule has 1 aromatic carbocycles. The Kier molecular flexibility index (Phi) is 5.20. The van der Waals surface area contributed by atoms with Gasteiger partial charge in [0.2, 0.25) is 0 Å².